The summed E-state index contributed by atoms with van der Waals surface area (Å²) < 4.78 is 4.60. The smallest absolute Gasteiger partial charge is 0.431 e. The van der Waals surface area contributed by atoms with E-state index in [1.165, 1.54) is 0 Å². The van der Waals surface area contributed by atoms with Crippen LogP contribution in [-0.2, 0) is 14.3 Å². The molecule has 1 rings (SSSR count). The van der Waals surface area contributed by atoms with Gasteiger partial charge in [0.05, 0.1) is 11.3 Å². The maximum absolute atomic E-state index is 11.3. The molecule has 2 unspecified atom stereocenters. The normalized spacial score (nSPS) is 28.2. The average molecular weight is 218 g/mol. The first kappa shape index (κ1) is 11.4. The fraction of sp³-hybridized carbons (Fsp3) is 0.714. The molecule has 1 aliphatic heterocycles. The summed E-state index contributed by atoms with van der Waals surface area (Å²) in [5.41, 5.74) is -2.20. The average Bonchev–Trinajstić information content (AvgIpc) is 2.79. The van der Waals surface area contributed by atoms with Crippen LogP contribution in [0.5, 0.6) is 0 Å². The predicted molar refractivity (Wildman–Crippen MR) is 45.5 cm³/mol. The van der Waals surface area contributed by atoms with Crippen molar-refractivity contribution in [3.8, 4) is 0 Å². The first-order chi connectivity index (χ1) is 6.95. The van der Waals surface area contributed by atoms with Crippen molar-refractivity contribution in [2.75, 3.05) is 6.54 Å². The van der Waals surface area contributed by atoms with Gasteiger partial charge in [0.1, 0.15) is 0 Å². The molecule has 2 atom stereocenters. The van der Waals surface area contributed by atoms with E-state index in [0.29, 0.717) is 0 Å². The highest BCUT2D eigenvalue weighted by Gasteiger charge is 2.75. The molecule has 0 aromatic heterocycles. The molecule has 0 radical (unpaired) electrons. The van der Waals surface area contributed by atoms with E-state index in [4.69, 9.17) is 5.11 Å². The fourth-order valence-corrected chi connectivity index (χ4v) is 1.25. The molecule has 0 aliphatic carbocycles. The Hall–Kier alpha value is -1.70. The van der Waals surface area contributed by atoms with Crippen molar-refractivity contribution in [1.29, 1.82) is 0 Å². The summed E-state index contributed by atoms with van der Waals surface area (Å²) in [5, 5.41) is 21.3. The highest BCUT2D eigenvalue weighted by Crippen LogP contribution is 2.39. The van der Waals surface area contributed by atoms with Crippen LogP contribution in [-0.4, -0.2) is 40.3 Å². The molecule has 8 heteroatoms. The zero-order valence-electron chi connectivity index (χ0n) is 7.93. The van der Waals surface area contributed by atoms with Crippen LogP contribution in [0.2, 0.25) is 0 Å². The number of amides is 1. The lowest BCUT2D eigenvalue weighted by molar-refractivity contribution is -0.546. The Morgan fingerprint density at radius 1 is 1.67 bits per heavy atom. The van der Waals surface area contributed by atoms with Gasteiger partial charge in [-0.3, -0.25) is 24.4 Å². The minimum Gasteiger partial charge on any atom is -0.481 e. The molecule has 15 heavy (non-hydrogen) atoms. The summed E-state index contributed by atoms with van der Waals surface area (Å²) in [7, 11) is 0. The quantitative estimate of drug-likeness (QED) is 0.345. The summed E-state index contributed by atoms with van der Waals surface area (Å²) >= 11 is 0. The molecule has 8 nitrogen and oxygen atoms in total. The predicted octanol–water partition coefficient (Wildman–Crippen LogP) is -1.03. The van der Waals surface area contributed by atoms with Crippen LogP contribution in [0.25, 0.3) is 0 Å². The van der Waals surface area contributed by atoms with E-state index < -0.39 is 35.0 Å². The lowest BCUT2D eigenvalue weighted by Gasteiger charge is -2.03. The van der Waals surface area contributed by atoms with Crippen molar-refractivity contribution in [1.82, 2.24) is 5.32 Å². The molecule has 84 valence electrons. The highest BCUT2D eigenvalue weighted by atomic mass is 16.7. The molecule has 0 bridgehead atoms. The minimum atomic E-state index is -2.20. The number of carbonyl (C=O) groups is 2. The first-order valence-electron chi connectivity index (χ1n) is 4.27. The van der Waals surface area contributed by atoms with E-state index in [2.05, 4.69) is 10.1 Å². The zero-order chi connectivity index (χ0) is 11.6. The summed E-state index contributed by atoms with van der Waals surface area (Å²) in [6, 6.07) is 0. The second kappa shape index (κ2) is 3.81. The number of likely N-dealkylation sites (N-methyl/N-ethyl adjacent to an activating group) is 1. The van der Waals surface area contributed by atoms with Crippen LogP contribution >= 0.6 is 0 Å². The molecule has 1 aliphatic rings. The lowest BCUT2D eigenvalue weighted by Crippen LogP contribution is -2.45. The Bertz CT molecular complexity index is 317. The van der Waals surface area contributed by atoms with Crippen molar-refractivity contribution in [3.63, 3.8) is 0 Å². The summed E-state index contributed by atoms with van der Waals surface area (Å²) in [4.78, 5) is 31.3. The van der Waals surface area contributed by atoms with Crippen LogP contribution in [0.3, 0.4) is 0 Å². The number of ether oxygens (including phenoxy) is 1. The summed E-state index contributed by atoms with van der Waals surface area (Å²) in [6.45, 7) is 1.82. The van der Waals surface area contributed by atoms with Crippen molar-refractivity contribution in [2.45, 2.75) is 25.2 Å². The number of carbonyl (C=O) groups excluding carboxylic acids is 1. The molecule has 0 saturated carbocycles. The molecule has 0 aromatic carbocycles. The highest BCUT2D eigenvalue weighted by molar-refractivity contribution is 5.87. The maximum atomic E-state index is 11.3. The van der Waals surface area contributed by atoms with E-state index in [0.717, 1.165) is 0 Å². The molecule has 1 heterocycles. The molecule has 1 saturated heterocycles. The van der Waals surface area contributed by atoms with Gasteiger partial charge in [-0.05, 0) is 6.92 Å². The Kier molecular flexibility index (Phi) is 2.89. The van der Waals surface area contributed by atoms with Crippen LogP contribution in [0.4, 0.5) is 0 Å². The van der Waals surface area contributed by atoms with Gasteiger partial charge in [0.25, 0.3) is 0 Å². The van der Waals surface area contributed by atoms with Gasteiger partial charge >= 0.3 is 17.6 Å². The number of hydrogen-bond donors (Lipinski definition) is 2. The molecular weight excluding hydrogens is 208 g/mol. The molecule has 0 spiro atoms. The summed E-state index contributed by atoms with van der Waals surface area (Å²) in [6.07, 6.45) is -1.74. The Morgan fingerprint density at radius 2 is 2.27 bits per heavy atom. The van der Waals surface area contributed by atoms with Gasteiger partial charge < -0.3 is 10.4 Å². The summed E-state index contributed by atoms with van der Waals surface area (Å²) in [5.74, 6) is -2.14. The van der Waals surface area contributed by atoms with Crippen LogP contribution in [0.1, 0.15) is 13.3 Å². The van der Waals surface area contributed by atoms with E-state index in [-0.39, 0.29) is 6.54 Å². The van der Waals surface area contributed by atoms with E-state index in [9.17, 15) is 19.7 Å². The first-order valence-corrected chi connectivity index (χ1v) is 4.27. The number of nitrogens with one attached hydrogen (secondary N) is 1. The molecule has 0 aromatic rings. The lowest BCUT2D eigenvalue weighted by atomic mass is 10.1. The Labute approximate surface area is 84.4 Å². The number of aliphatic carboxylic acids is 1. The molecule has 2 N–H and O–H groups in total. The number of nitrogens with zero attached hydrogens (tertiary/aromatic N) is 1. The van der Waals surface area contributed by atoms with Gasteiger partial charge in [0.2, 0.25) is 0 Å². The number of hydrogen-bond acceptors (Lipinski definition) is 5. The Balaban J connectivity index is 2.73. The van der Waals surface area contributed by atoms with E-state index >= 15 is 0 Å². The number of carboxylic acids is 1. The van der Waals surface area contributed by atoms with Crippen LogP contribution in [0.15, 0.2) is 0 Å². The standard InChI is InChI=1S/C7H10N2O6/c1-2-8-6(12)7(9(13)14)4(15-7)3-5(10)11/h4H,2-3H2,1H3,(H,8,12)(H,10,11). The second-order valence-corrected chi connectivity index (χ2v) is 3.02. The molecule has 1 amide bonds. The largest absolute Gasteiger partial charge is 0.481 e. The van der Waals surface area contributed by atoms with Crippen molar-refractivity contribution < 1.29 is 24.4 Å². The number of carboxylic acid groups (broad SMARTS) is 1. The van der Waals surface area contributed by atoms with Crippen LogP contribution < -0.4 is 5.32 Å². The van der Waals surface area contributed by atoms with Gasteiger partial charge in [-0.15, -0.1) is 0 Å². The monoisotopic (exact) mass is 218 g/mol. The van der Waals surface area contributed by atoms with Gasteiger partial charge in [-0.2, -0.15) is 0 Å². The van der Waals surface area contributed by atoms with E-state index in [1.807, 2.05) is 0 Å². The van der Waals surface area contributed by atoms with Gasteiger partial charge in [0.15, 0.2) is 6.10 Å². The minimum absolute atomic E-state index is 0.220. The van der Waals surface area contributed by atoms with Crippen molar-refractivity contribution in [2.24, 2.45) is 0 Å². The van der Waals surface area contributed by atoms with Gasteiger partial charge in [-0.25, -0.2) is 0 Å². The third-order valence-corrected chi connectivity index (χ3v) is 2.00. The molecule has 1 fully saturated rings. The molecular formula is C7H10N2O6. The number of epoxide rings is 1. The van der Waals surface area contributed by atoms with Crippen LogP contribution in [0, 0.1) is 10.1 Å². The van der Waals surface area contributed by atoms with Crippen molar-refractivity contribution in [3.05, 3.63) is 10.1 Å². The maximum Gasteiger partial charge on any atom is 0.431 e. The second-order valence-electron chi connectivity index (χ2n) is 3.02. The van der Waals surface area contributed by atoms with Crippen molar-refractivity contribution >= 4 is 11.9 Å². The zero-order valence-corrected chi connectivity index (χ0v) is 7.93. The topological polar surface area (TPSA) is 122 Å². The number of rotatable bonds is 5. The third-order valence-electron chi connectivity index (χ3n) is 2.00. The SMILES string of the molecule is CCNC(=O)C1([N+](=O)[O-])OC1CC(=O)O. The Morgan fingerprint density at radius 3 is 2.67 bits per heavy atom. The van der Waals surface area contributed by atoms with Gasteiger partial charge in [0, 0.05) is 6.54 Å². The third kappa shape index (κ3) is 1.89. The fourth-order valence-electron chi connectivity index (χ4n) is 1.25. The van der Waals surface area contributed by atoms with E-state index in [1.54, 1.807) is 6.92 Å². The van der Waals surface area contributed by atoms with Gasteiger partial charge in [-0.1, -0.05) is 0 Å². The number of nitro groups is 1.